The van der Waals surface area contributed by atoms with Crippen LogP contribution in [0.3, 0.4) is 0 Å². The van der Waals surface area contributed by atoms with Crippen LogP contribution in [0.5, 0.6) is 0 Å². The van der Waals surface area contributed by atoms with E-state index in [-0.39, 0.29) is 0 Å². The van der Waals surface area contributed by atoms with Crippen molar-refractivity contribution in [2.75, 3.05) is 6.66 Å². The molecule has 0 aliphatic rings. The van der Waals surface area contributed by atoms with Crippen molar-refractivity contribution in [2.24, 2.45) is 0 Å². The quantitative estimate of drug-likeness (QED) is 0.733. The van der Waals surface area contributed by atoms with Gasteiger partial charge in [0.15, 0.2) is 0 Å². The molecule has 0 aromatic heterocycles. The van der Waals surface area contributed by atoms with E-state index in [9.17, 15) is 4.57 Å². The highest BCUT2D eigenvalue weighted by Crippen LogP contribution is 2.54. The van der Waals surface area contributed by atoms with Gasteiger partial charge in [0.25, 0.3) is 0 Å². The Morgan fingerprint density at radius 3 is 2.00 bits per heavy atom. The molecule has 0 aliphatic heterocycles. The van der Waals surface area contributed by atoms with Gasteiger partial charge in [-0.05, 0) is 44.1 Å². The summed E-state index contributed by atoms with van der Waals surface area (Å²) in [5, 5.41) is 1.61. The van der Waals surface area contributed by atoms with Crippen LogP contribution in [0.1, 0.15) is 22.3 Å². The third-order valence-electron chi connectivity index (χ3n) is 3.73. The van der Waals surface area contributed by atoms with Crippen molar-refractivity contribution in [1.29, 1.82) is 0 Å². The van der Waals surface area contributed by atoms with Gasteiger partial charge in [0, 0.05) is 10.6 Å². The second-order valence-corrected chi connectivity index (χ2v) is 8.38. The maximum atomic E-state index is 13.2. The zero-order chi connectivity index (χ0) is 14.9. The molecule has 2 heteroatoms. The molecule has 0 heterocycles. The standard InChI is InChI=1S/C18H21OP/c1-13-11-14(2)18(15(3)12-13)16(4)20(5,19)17-9-7-6-8-10-17/h6-12H,4H2,1-3,5H3. The third kappa shape index (κ3) is 2.64. The lowest BCUT2D eigenvalue weighted by molar-refractivity contribution is 0.591. The molecule has 0 aliphatic carbocycles. The summed E-state index contributed by atoms with van der Waals surface area (Å²) in [6, 6.07) is 13.9. The normalized spacial score (nSPS) is 13.8. The highest BCUT2D eigenvalue weighted by Gasteiger charge is 2.25. The van der Waals surface area contributed by atoms with Crippen LogP contribution in [0, 0.1) is 20.8 Å². The molecule has 0 fully saturated rings. The Kier molecular flexibility index (Phi) is 4.01. The van der Waals surface area contributed by atoms with Crippen LogP contribution < -0.4 is 5.30 Å². The van der Waals surface area contributed by atoms with Crippen molar-refractivity contribution in [3.05, 3.63) is 71.3 Å². The SMILES string of the molecule is C=C(c1c(C)cc(C)cc1C)P(C)(=O)c1ccccc1. The van der Waals surface area contributed by atoms with Gasteiger partial charge in [-0.1, -0.05) is 54.6 Å². The molecule has 1 atom stereocenters. The maximum absolute atomic E-state index is 13.2. The number of hydrogen-bond acceptors (Lipinski definition) is 1. The molecule has 20 heavy (non-hydrogen) atoms. The maximum Gasteiger partial charge on any atom is 0.140 e. The van der Waals surface area contributed by atoms with E-state index < -0.39 is 7.14 Å². The smallest absolute Gasteiger partial charge is 0.140 e. The second-order valence-electron chi connectivity index (χ2n) is 5.48. The fraction of sp³-hybridized carbons (Fsp3) is 0.222. The van der Waals surface area contributed by atoms with Gasteiger partial charge in [0.05, 0.1) is 0 Å². The first-order chi connectivity index (χ1) is 9.34. The lowest BCUT2D eigenvalue weighted by Crippen LogP contribution is -2.05. The van der Waals surface area contributed by atoms with Crippen LogP contribution in [0.4, 0.5) is 0 Å². The number of benzene rings is 2. The molecule has 0 bridgehead atoms. The summed E-state index contributed by atoms with van der Waals surface area (Å²) in [5.74, 6) is 0. The Balaban J connectivity index is 2.55. The van der Waals surface area contributed by atoms with Gasteiger partial charge < -0.3 is 4.57 Å². The van der Waals surface area contributed by atoms with E-state index in [4.69, 9.17) is 0 Å². The molecule has 2 aromatic rings. The van der Waals surface area contributed by atoms with Crippen LogP contribution in [0.25, 0.3) is 5.31 Å². The minimum absolute atomic E-state index is 0.749. The van der Waals surface area contributed by atoms with Crippen molar-refractivity contribution in [2.45, 2.75) is 20.8 Å². The lowest BCUT2D eigenvalue weighted by atomic mass is 10.00. The fourth-order valence-corrected chi connectivity index (χ4v) is 4.55. The van der Waals surface area contributed by atoms with Gasteiger partial charge in [0.1, 0.15) is 7.14 Å². The molecule has 0 saturated heterocycles. The average Bonchev–Trinajstić information content (AvgIpc) is 2.38. The Hall–Kier alpha value is -1.59. The number of aryl methyl sites for hydroxylation is 3. The second kappa shape index (κ2) is 5.42. The Morgan fingerprint density at radius 1 is 1.00 bits per heavy atom. The van der Waals surface area contributed by atoms with Crippen LogP contribution in [-0.2, 0) is 4.57 Å². The van der Waals surface area contributed by atoms with E-state index in [0.29, 0.717) is 0 Å². The molecule has 2 aromatic carbocycles. The zero-order valence-electron chi connectivity index (χ0n) is 12.6. The van der Waals surface area contributed by atoms with Crippen LogP contribution >= 0.6 is 7.14 Å². The van der Waals surface area contributed by atoms with Crippen molar-refractivity contribution in [3.63, 3.8) is 0 Å². The first-order valence-corrected chi connectivity index (χ1v) is 8.90. The minimum atomic E-state index is -2.62. The van der Waals surface area contributed by atoms with E-state index in [1.807, 2.05) is 37.0 Å². The average molecular weight is 284 g/mol. The largest absolute Gasteiger partial charge is 0.314 e. The zero-order valence-corrected chi connectivity index (χ0v) is 13.5. The van der Waals surface area contributed by atoms with E-state index in [0.717, 1.165) is 27.3 Å². The van der Waals surface area contributed by atoms with Crippen molar-refractivity contribution in [1.82, 2.24) is 0 Å². The number of rotatable bonds is 3. The van der Waals surface area contributed by atoms with Gasteiger partial charge in [-0.3, -0.25) is 0 Å². The fourth-order valence-electron chi connectivity index (χ4n) is 2.72. The van der Waals surface area contributed by atoms with Gasteiger partial charge >= 0.3 is 0 Å². The molecule has 0 amide bonds. The van der Waals surface area contributed by atoms with Crippen LogP contribution in [-0.4, -0.2) is 6.66 Å². The van der Waals surface area contributed by atoms with Crippen molar-refractivity contribution < 1.29 is 4.57 Å². The van der Waals surface area contributed by atoms with Crippen molar-refractivity contribution >= 4 is 17.8 Å². The predicted octanol–water partition coefficient (Wildman–Crippen LogP) is 4.90. The summed E-state index contributed by atoms with van der Waals surface area (Å²) in [5.41, 5.74) is 4.56. The van der Waals surface area contributed by atoms with Gasteiger partial charge in [-0.25, -0.2) is 0 Å². The van der Waals surface area contributed by atoms with E-state index in [2.05, 4.69) is 39.5 Å². The molecular formula is C18H21OP. The van der Waals surface area contributed by atoms with E-state index >= 15 is 0 Å². The summed E-state index contributed by atoms with van der Waals surface area (Å²) in [7, 11) is -2.62. The highest BCUT2D eigenvalue weighted by molar-refractivity contribution is 7.80. The number of hydrogen-bond donors (Lipinski definition) is 0. The van der Waals surface area contributed by atoms with Crippen molar-refractivity contribution in [3.8, 4) is 0 Å². The summed E-state index contributed by atoms with van der Waals surface area (Å²) in [6.07, 6.45) is 0. The molecule has 0 saturated carbocycles. The molecular weight excluding hydrogens is 263 g/mol. The van der Waals surface area contributed by atoms with Gasteiger partial charge in [0.2, 0.25) is 0 Å². The Labute approximate surface area is 121 Å². The Bertz CT molecular complexity index is 676. The van der Waals surface area contributed by atoms with Crippen LogP contribution in [0.2, 0.25) is 0 Å². The summed E-state index contributed by atoms with van der Waals surface area (Å²) >= 11 is 0. The molecule has 1 unspecified atom stereocenters. The molecule has 0 radical (unpaired) electrons. The summed E-state index contributed by atoms with van der Waals surface area (Å²) in [6.45, 7) is 12.2. The van der Waals surface area contributed by atoms with E-state index in [1.54, 1.807) is 0 Å². The van der Waals surface area contributed by atoms with Gasteiger partial charge in [-0.2, -0.15) is 0 Å². The monoisotopic (exact) mass is 284 g/mol. The molecule has 1 nitrogen and oxygen atoms in total. The van der Waals surface area contributed by atoms with E-state index in [1.165, 1.54) is 5.56 Å². The summed E-state index contributed by atoms with van der Waals surface area (Å²) < 4.78 is 13.2. The molecule has 2 rings (SSSR count). The Morgan fingerprint density at radius 2 is 1.50 bits per heavy atom. The highest BCUT2D eigenvalue weighted by atomic mass is 31.2. The summed E-state index contributed by atoms with van der Waals surface area (Å²) in [4.78, 5) is 0. The molecule has 0 N–H and O–H groups in total. The lowest BCUT2D eigenvalue weighted by Gasteiger charge is -2.20. The molecule has 104 valence electrons. The first-order valence-electron chi connectivity index (χ1n) is 6.75. The third-order valence-corrected chi connectivity index (χ3v) is 6.27. The van der Waals surface area contributed by atoms with Gasteiger partial charge in [-0.15, -0.1) is 0 Å². The minimum Gasteiger partial charge on any atom is -0.314 e. The molecule has 0 spiro atoms. The predicted molar refractivity (Wildman–Crippen MR) is 89.3 cm³/mol. The topological polar surface area (TPSA) is 17.1 Å². The first kappa shape index (κ1) is 14.8. The van der Waals surface area contributed by atoms with Crippen LogP contribution in [0.15, 0.2) is 49.0 Å².